The molecule has 3 nitrogen and oxygen atoms in total. The van der Waals surface area contributed by atoms with Gasteiger partial charge in [0.05, 0.1) is 6.04 Å². The second-order valence-electron chi connectivity index (χ2n) is 4.76. The average molecular weight is 253 g/mol. The van der Waals surface area contributed by atoms with Crippen LogP contribution in [0.1, 0.15) is 24.3 Å². The Kier molecular flexibility index (Phi) is 4.98. The largest absolute Gasteiger partial charge is 0.322 e. The maximum atomic E-state index is 6.22. The van der Waals surface area contributed by atoms with Crippen LogP contribution in [0.25, 0.3) is 0 Å². The average Bonchev–Trinajstić information content (AvgIpc) is 2.86. The molecule has 2 rings (SSSR count). The summed E-state index contributed by atoms with van der Waals surface area (Å²) in [6.45, 7) is 9.22. The summed E-state index contributed by atoms with van der Waals surface area (Å²) in [5.41, 5.74) is 6.22. The van der Waals surface area contributed by atoms with Crippen molar-refractivity contribution in [3.8, 4) is 0 Å². The van der Waals surface area contributed by atoms with Crippen LogP contribution >= 0.6 is 11.3 Å². The first-order chi connectivity index (χ1) is 8.29. The van der Waals surface area contributed by atoms with Crippen LogP contribution in [0.5, 0.6) is 0 Å². The van der Waals surface area contributed by atoms with Crippen molar-refractivity contribution >= 4 is 11.3 Å². The van der Waals surface area contributed by atoms with Crippen molar-refractivity contribution in [3.63, 3.8) is 0 Å². The molecule has 0 spiro atoms. The van der Waals surface area contributed by atoms with E-state index in [1.54, 1.807) is 11.3 Å². The molecule has 0 bridgehead atoms. The molecule has 0 saturated carbocycles. The van der Waals surface area contributed by atoms with E-state index in [1.807, 2.05) is 0 Å². The Hall–Kier alpha value is -0.420. The van der Waals surface area contributed by atoms with Crippen molar-refractivity contribution in [2.45, 2.75) is 19.4 Å². The highest BCUT2D eigenvalue weighted by atomic mass is 32.1. The Morgan fingerprint density at radius 2 is 2.00 bits per heavy atom. The maximum absolute atomic E-state index is 6.22. The SMILES string of the molecule is CCCN1CCN(CC(N)c2cccs2)CC1. The van der Waals surface area contributed by atoms with Crippen LogP contribution in [0.4, 0.5) is 0 Å². The molecular weight excluding hydrogens is 230 g/mol. The smallest absolute Gasteiger partial charge is 0.0519 e. The molecule has 1 unspecified atom stereocenters. The minimum atomic E-state index is 0.188. The van der Waals surface area contributed by atoms with Crippen LogP contribution in [-0.2, 0) is 0 Å². The molecule has 96 valence electrons. The molecular formula is C13H23N3S. The molecule has 17 heavy (non-hydrogen) atoms. The van der Waals surface area contributed by atoms with E-state index in [0.717, 1.165) is 6.54 Å². The normalized spacial score (nSPS) is 20.6. The number of nitrogens with zero attached hydrogens (tertiary/aromatic N) is 2. The predicted molar refractivity (Wildman–Crippen MR) is 74.4 cm³/mol. The summed E-state index contributed by atoms with van der Waals surface area (Å²) in [4.78, 5) is 6.35. The zero-order valence-corrected chi connectivity index (χ0v) is 11.5. The lowest BCUT2D eigenvalue weighted by Crippen LogP contribution is -2.48. The van der Waals surface area contributed by atoms with Gasteiger partial charge in [0, 0.05) is 37.6 Å². The van der Waals surface area contributed by atoms with Crippen molar-refractivity contribution in [1.82, 2.24) is 9.80 Å². The van der Waals surface area contributed by atoms with Gasteiger partial charge in [0.1, 0.15) is 0 Å². The highest BCUT2D eigenvalue weighted by molar-refractivity contribution is 7.10. The molecule has 2 heterocycles. The molecule has 0 amide bonds. The van der Waals surface area contributed by atoms with Gasteiger partial charge in [0.15, 0.2) is 0 Å². The van der Waals surface area contributed by atoms with Crippen LogP contribution in [0, 0.1) is 0 Å². The van der Waals surface area contributed by atoms with Crippen molar-refractivity contribution in [2.24, 2.45) is 5.73 Å². The fourth-order valence-electron chi connectivity index (χ4n) is 2.38. The molecule has 0 aliphatic carbocycles. The second kappa shape index (κ2) is 6.50. The van der Waals surface area contributed by atoms with Gasteiger partial charge in [-0.3, -0.25) is 4.90 Å². The molecule has 1 aromatic rings. The number of hydrogen-bond donors (Lipinski definition) is 1. The summed E-state index contributed by atoms with van der Waals surface area (Å²) in [7, 11) is 0. The highest BCUT2D eigenvalue weighted by Gasteiger charge is 2.18. The molecule has 1 saturated heterocycles. The van der Waals surface area contributed by atoms with Gasteiger partial charge in [0.2, 0.25) is 0 Å². The monoisotopic (exact) mass is 253 g/mol. The zero-order chi connectivity index (χ0) is 12.1. The third-order valence-corrected chi connectivity index (χ3v) is 4.37. The van der Waals surface area contributed by atoms with Gasteiger partial charge in [-0.15, -0.1) is 11.3 Å². The van der Waals surface area contributed by atoms with Gasteiger partial charge >= 0.3 is 0 Å². The van der Waals surface area contributed by atoms with E-state index in [0.29, 0.717) is 0 Å². The maximum Gasteiger partial charge on any atom is 0.0519 e. The van der Waals surface area contributed by atoms with Gasteiger partial charge in [-0.1, -0.05) is 13.0 Å². The lowest BCUT2D eigenvalue weighted by atomic mass is 10.2. The molecule has 0 aromatic carbocycles. The van der Waals surface area contributed by atoms with Crippen LogP contribution in [0.15, 0.2) is 17.5 Å². The van der Waals surface area contributed by atoms with Crippen LogP contribution in [0.3, 0.4) is 0 Å². The van der Waals surface area contributed by atoms with E-state index < -0.39 is 0 Å². The molecule has 1 atom stereocenters. The Morgan fingerprint density at radius 1 is 1.29 bits per heavy atom. The van der Waals surface area contributed by atoms with Gasteiger partial charge < -0.3 is 10.6 Å². The number of nitrogens with two attached hydrogens (primary N) is 1. The molecule has 1 aromatic heterocycles. The van der Waals surface area contributed by atoms with Gasteiger partial charge in [-0.25, -0.2) is 0 Å². The van der Waals surface area contributed by atoms with Crippen molar-refractivity contribution in [1.29, 1.82) is 0 Å². The Balaban J connectivity index is 1.74. The van der Waals surface area contributed by atoms with E-state index in [9.17, 15) is 0 Å². The Bertz CT molecular complexity index is 304. The lowest BCUT2D eigenvalue weighted by Gasteiger charge is -2.35. The summed E-state index contributed by atoms with van der Waals surface area (Å²) in [6.07, 6.45) is 1.26. The third-order valence-electron chi connectivity index (χ3n) is 3.37. The summed E-state index contributed by atoms with van der Waals surface area (Å²) in [5.74, 6) is 0. The fraction of sp³-hybridized carbons (Fsp3) is 0.692. The molecule has 2 N–H and O–H groups in total. The van der Waals surface area contributed by atoms with E-state index >= 15 is 0 Å². The quantitative estimate of drug-likeness (QED) is 0.868. The second-order valence-corrected chi connectivity index (χ2v) is 5.74. The van der Waals surface area contributed by atoms with Gasteiger partial charge in [-0.2, -0.15) is 0 Å². The first-order valence-corrected chi connectivity index (χ1v) is 7.41. The highest BCUT2D eigenvalue weighted by Crippen LogP contribution is 2.18. The molecule has 0 radical (unpaired) electrons. The minimum Gasteiger partial charge on any atom is -0.322 e. The topological polar surface area (TPSA) is 32.5 Å². The van der Waals surface area contributed by atoms with Gasteiger partial charge in [0.25, 0.3) is 0 Å². The van der Waals surface area contributed by atoms with E-state index in [4.69, 9.17) is 5.73 Å². The molecule has 1 fully saturated rings. The minimum absolute atomic E-state index is 0.188. The van der Waals surface area contributed by atoms with Gasteiger partial charge in [-0.05, 0) is 24.4 Å². The van der Waals surface area contributed by atoms with Crippen LogP contribution < -0.4 is 5.73 Å². The standard InChI is InChI=1S/C13H23N3S/c1-2-5-15-6-8-16(9-7-15)11-12(14)13-4-3-10-17-13/h3-4,10,12H,2,5-9,11,14H2,1H3. The van der Waals surface area contributed by atoms with Crippen LogP contribution in [0.2, 0.25) is 0 Å². The Morgan fingerprint density at radius 3 is 2.59 bits per heavy atom. The first-order valence-electron chi connectivity index (χ1n) is 6.53. The zero-order valence-electron chi connectivity index (χ0n) is 10.6. The van der Waals surface area contributed by atoms with E-state index in [1.165, 1.54) is 44.0 Å². The number of thiophene rings is 1. The molecule has 4 heteroatoms. The first kappa shape index (κ1) is 13.0. The Labute approximate surface area is 108 Å². The number of hydrogen-bond acceptors (Lipinski definition) is 4. The number of rotatable bonds is 5. The predicted octanol–water partition coefficient (Wildman–Crippen LogP) is 1.78. The van der Waals surface area contributed by atoms with Crippen molar-refractivity contribution in [2.75, 3.05) is 39.3 Å². The van der Waals surface area contributed by atoms with Crippen LogP contribution in [-0.4, -0.2) is 49.1 Å². The van der Waals surface area contributed by atoms with Crippen molar-refractivity contribution in [3.05, 3.63) is 22.4 Å². The van der Waals surface area contributed by atoms with E-state index in [2.05, 4.69) is 34.2 Å². The van der Waals surface area contributed by atoms with Crippen molar-refractivity contribution < 1.29 is 0 Å². The third kappa shape index (κ3) is 3.78. The molecule has 1 aliphatic rings. The van der Waals surface area contributed by atoms with E-state index in [-0.39, 0.29) is 6.04 Å². The summed E-state index contributed by atoms with van der Waals surface area (Å²) < 4.78 is 0. The lowest BCUT2D eigenvalue weighted by molar-refractivity contribution is 0.127. The summed E-state index contributed by atoms with van der Waals surface area (Å²) in [6, 6.07) is 4.41. The summed E-state index contributed by atoms with van der Waals surface area (Å²) in [5, 5.41) is 2.11. The fourth-order valence-corrected chi connectivity index (χ4v) is 3.10. The number of piperazine rings is 1. The molecule has 1 aliphatic heterocycles. The summed E-state index contributed by atoms with van der Waals surface area (Å²) >= 11 is 1.77.